The molecule has 5 heterocycles. The standard InChI is InChI=1S/C15H19N7O3S/c1-9-5-21(26(23,24)20-10-7-25-8-10)6-11(9)15-19-18-13-4-17-14-12(22(13)15)2-3-16-14/h2-4,9-11,16,20H,5-8H2,1H3/t9-,11+/m1/s1. The summed E-state index contributed by atoms with van der Waals surface area (Å²) >= 11 is 0. The number of ether oxygens (including phenoxy) is 1. The summed E-state index contributed by atoms with van der Waals surface area (Å²) in [5.41, 5.74) is 2.30. The van der Waals surface area contributed by atoms with Crippen molar-refractivity contribution in [3.63, 3.8) is 0 Å². The van der Waals surface area contributed by atoms with Crippen LogP contribution in [0.3, 0.4) is 0 Å². The fourth-order valence-corrected chi connectivity index (χ4v) is 5.18. The molecule has 0 bridgehead atoms. The van der Waals surface area contributed by atoms with E-state index in [9.17, 15) is 8.42 Å². The second-order valence-electron chi connectivity index (χ2n) is 6.98. The first kappa shape index (κ1) is 16.1. The van der Waals surface area contributed by atoms with Crippen LogP contribution in [0.2, 0.25) is 0 Å². The molecule has 0 aliphatic carbocycles. The van der Waals surface area contributed by atoms with Crippen LogP contribution >= 0.6 is 0 Å². The molecular weight excluding hydrogens is 358 g/mol. The van der Waals surface area contributed by atoms with E-state index in [0.717, 1.165) is 17.0 Å². The molecule has 26 heavy (non-hydrogen) atoms. The van der Waals surface area contributed by atoms with E-state index in [4.69, 9.17) is 4.74 Å². The molecule has 2 atom stereocenters. The SMILES string of the molecule is C[C@@H]1CN(S(=O)(=O)NC2COC2)C[C@@H]1c1nnc2cnc3[nH]ccc3n12. The number of aromatic nitrogens is 5. The first-order valence-corrected chi connectivity index (χ1v) is 9.99. The van der Waals surface area contributed by atoms with Crippen LogP contribution in [0, 0.1) is 5.92 Å². The van der Waals surface area contributed by atoms with Gasteiger partial charge < -0.3 is 9.72 Å². The highest BCUT2D eigenvalue weighted by Crippen LogP contribution is 2.33. The van der Waals surface area contributed by atoms with E-state index in [1.165, 1.54) is 4.31 Å². The number of nitrogens with zero attached hydrogens (tertiary/aromatic N) is 5. The van der Waals surface area contributed by atoms with Crippen molar-refractivity contribution in [2.24, 2.45) is 5.92 Å². The molecule has 138 valence electrons. The van der Waals surface area contributed by atoms with Crippen molar-refractivity contribution in [3.8, 4) is 0 Å². The largest absolute Gasteiger partial charge is 0.378 e. The Hall–Kier alpha value is -2.08. The molecule has 3 aromatic heterocycles. The van der Waals surface area contributed by atoms with E-state index >= 15 is 0 Å². The second-order valence-corrected chi connectivity index (χ2v) is 8.68. The smallest absolute Gasteiger partial charge is 0.279 e. The van der Waals surface area contributed by atoms with Crippen LogP contribution in [0.4, 0.5) is 0 Å². The van der Waals surface area contributed by atoms with Crippen molar-refractivity contribution < 1.29 is 13.2 Å². The Morgan fingerprint density at radius 3 is 2.92 bits per heavy atom. The van der Waals surface area contributed by atoms with E-state index in [0.29, 0.717) is 32.0 Å². The van der Waals surface area contributed by atoms with Gasteiger partial charge in [-0.05, 0) is 12.0 Å². The maximum absolute atomic E-state index is 12.6. The van der Waals surface area contributed by atoms with Crippen molar-refractivity contribution in [3.05, 3.63) is 24.3 Å². The van der Waals surface area contributed by atoms with Crippen molar-refractivity contribution in [2.45, 2.75) is 18.9 Å². The fraction of sp³-hybridized carbons (Fsp3) is 0.533. The average molecular weight is 377 g/mol. The lowest BCUT2D eigenvalue weighted by Crippen LogP contribution is -2.52. The van der Waals surface area contributed by atoms with Crippen LogP contribution in [0.15, 0.2) is 18.5 Å². The number of fused-ring (bicyclic) bond motifs is 3. The van der Waals surface area contributed by atoms with E-state index in [2.05, 4.69) is 24.9 Å². The van der Waals surface area contributed by atoms with Crippen LogP contribution < -0.4 is 4.72 Å². The number of hydrogen-bond acceptors (Lipinski definition) is 6. The molecule has 10 nitrogen and oxygen atoms in total. The Bertz CT molecular complexity index is 1070. The van der Waals surface area contributed by atoms with Crippen LogP contribution in [0.25, 0.3) is 16.8 Å². The first-order valence-electron chi connectivity index (χ1n) is 8.55. The predicted molar refractivity (Wildman–Crippen MR) is 92.8 cm³/mol. The summed E-state index contributed by atoms with van der Waals surface area (Å²) in [6.07, 6.45) is 3.49. The molecule has 3 aromatic rings. The van der Waals surface area contributed by atoms with Gasteiger partial charge in [-0.15, -0.1) is 10.2 Å². The third-order valence-corrected chi connectivity index (χ3v) is 6.78. The number of aromatic amines is 1. The topological polar surface area (TPSA) is 118 Å². The molecule has 2 fully saturated rings. The van der Waals surface area contributed by atoms with Crippen molar-refractivity contribution in [1.82, 2.24) is 33.6 Å². The third kappa shape index (κ3) is 2.42. The van der Waals surface area contributed by atoms with Gasteiger partial charge in [0, 0.05) is 25.2 Å². The monoisotopic (exact) mass is 377 g/mol. The molecule has 5 rings (SSSR count). The van der Waals surface area contributed by atoms with Gasteiger partial charge in [0.25, 0.3) is 10.2 Å². The lowest BCUT2D eigenvalue weighted by Gasteiger charge is -2.28. The number of H-pyrrole nitrogens is 1. The van der Waals surface area contributed by atoms with Gasteiger partial charge >= 0.3 is 0 Å². The highest BCUT2D eigenvalue weighted by Gasteiger charge is 2.40. The Balaban J connectivity index is 1.49. The van der Waals surface area contributed by atoms with Gasteiger partial charge in [-0.25, -0.2) is 4.98 Å². The zero-order valence-electron chi connectivity index (χ0n) is 14.2. The summed E-state index contributed by atoms with van der Waals surface area (Å²) in [6.45, 7) is 3.73. The van der Waals surface area contributed by atoms with Crippen LogP contribution in [0.5, 0.6) is 0 Å². The van der Waals surface area contributed by atoms with Gasteiger partial charge in [-0.2, -0.15) is 17.4 Å². The average Bonchev–Trinajstić information content (AvgIpc) is 3.27. The normalized spacial score (nSPS) is 25.3. The Morgan fingerprint density at radius 2 is 2.15 bits per heavy atom. The van der Waals surface area contributed by atoms with E-state index in [1.807, 2.05) is 23.6 Å². The molecule has 0 aromatic carbocycles. The molecule has 0 spiro atoms. The molecular formula is C15H19N7O3S. The molecule has 2 N–H and O–H groups in total. The number of hydrogen-bond donors (Lipinski definition) is 2. The molecule has 0 unspecified atom stereocenters. The molecule has 0 radical (unpaired) electrons. The van der Waals surface area contributed by atoms with Crippen LogP contribution in [-0.4, -0.2) is 69.6 Å². The lowest BCUT2D eigenvalue weighted by molar-refractivity contribution is 0.00421. The van der Waals surface area contributed by atoms with Crippen LogP contribution in [0.1, 0.15) is 18.7 Å². The minimum absolute atomic E-state index is 0.0419. The van der Waals surface area contributed by atoms with E-state index < -0.39 is 10.2 Å². The Labute approximate surface area is 149 Å². The van der Waals surface area contributed by atoms with Gasteiger partial charge in [0.15, 0.2) is 11.3 Å². The summed E-state index contributed by atoms with van der Waals surface area (Å²) < 4.78 is 36.5. The third-order valence-electron chi connectivity index (χ3n) is 5.17. The summed E-state index contributed by atoms with van der Waals surface area (Å²) in [5.74, 6) is 0.850. The molecule has 2 aliphatic rings. The van der Waals surface area contributed by atoms with Gasteiger partial charge in [0.1, 0.15) is 5.82 Å². The molecule has 0 saturated carbocycles. The Kier molecular flexibility index (Phi) is 3.54. The molecule has 2 aliphatic heterocycles. The van der Waals surface area contributed by atoms with Gasteiger partial charge in [0.2, 0.25) is 0 Å². The summed E-state index contributed by atoms with van der Waals surface area (Å²) in [7, 11) is -3.53. The second kappa shape index (κ2) is 5.71. The highest BCUT2D eigenvalue weighted by atomic mass is 32.2. The maximum atomic E-state index is 12.6. The predicted octanol–water partition coefficient (Wildman–Crippen LogP) is -0.126. The quantitative estimate of drug-likeness (QED) is 0.654. The molecule has 2 saturated heterocycles. The minimum Gasteiger partial charge on any atom is -0.378 e. The zero-order valence-corrected chi connectivity index (χ0v) is 15.0. The van der Waals surface area contributed by atoms with Crippen molar-refractivity contribution >= 4 is 27.0 Å². The van der Waals surface area contributed by atoms with Crippen LogP contribution in [-0.2, 0) is 14.9 Å². The highest BCUT2D eigenvalue weighted by molar-refractivity contribution is 7.87. The Morgan fingerprint density at radius 1 is 1.31 bits per heavy atom. The van der Waals surface area contributed by atoms with E-state index in [-0.39, 0.29) is 17.9 Å². The molecule has 0 amide bonds. The number of rotatable bonds is 4. The number of nitrogens with one attached hydrogen (secondary N) is 2. The van der Waals surface area contributed by atoms with E-state index in [1.54, 1.807) is 6.20 Å². The van der Waals surface area contributed by atoms with Crippen molar-refractivity contribution in [1.29, 1.82) is 0 Å². The first-order chi connectivity index (χ1) is 12.5. The van der Waals surface area contributed by atoms with Gasteiger partial charge in [-0.1, -0.05) is 6.92 Å². The summed E-state index contributed by atoms with van der Waals surface area (Å²) in [6, 6.07) is 1.79. The maximum Gasteiger partial charge on any atom is 0.279 e. The molecule has 11 heteroatoms. The zero-order chi connectivity index (χ0) is 17.9. The fourth-order valence-electron chi connectivity index (χ4n) is 3.68. The lowest BCUT2D eigenvalue weighted by atomic mass is 9.97. The van der Waals surface area contributed by atoms with Crippen molar-refractivity contribution in [2.75, 3.05) is 26.3 Å². The minimum atomic E-state index is -3.53. The summed E-state index contributed by atoms with van der Waals surface area (Å²) in [4.78, 5) is 7.41. The summed E-state index contributed by atoms with van der Waals surface area (Å²) in [5, 5.41) is 8.58. The van der Waals surface area contributed by atoms with Gasteiger partial charge in [0.05, 0.1) is 31.0 Å². The van der Waals surface area contributed by atoms with Gasteiger partial charge in [-0.3, -0.25) is 4.40 Å².